The minimum absolute atomic E-state index is 0.477. The summed E-state index contributed by atoms with van der Waals surface area (Å²) in [5.74, 6) is 0. The predicted octanol–water partition coefficient (Wildman–Crippen LogP) is 3.84. The van der Waals surface area contributed by atoms with Crippen LogP contribution in [0.25, 0.3) is 0 Å². The molecule has 1 aromatic carbocycles. The van der Waals surface area contributed by atoms with Gasteiger partial charge in [0.1, 0.15) is 0 Å². The van der Waals surface area contributed by atoms with Gasteiger partial charge < -0.3 is 0 Å². The molecule has 0 aliphatic rings. The lowest BCUT2D eigenvalue weighted by atomic mass is 10.0. The summed E-state index contributed by atoms with van der Waals surface area (Å²) < 4.78 is -1.21. The molecule has 0 spiro atoms. The van der Waals surface area contributed by atoms with Gasteiger partial charge in [-0.25, -0.2) is 0 Å². The first-order valence-electron chi connectivity index (χ1n) is 4.56. The zero-order valence-corrected chi connectivity index (χ0v) is 10.2. The molecular weight excluding hydrogens is 254 g/mol. The second kappa shape index (κ2) is 5.74. The molecule has 0 amide bonds. The smallest absolute Gasteiger partial charge is 0.233 e. The van der Waals surface area contributed by atoms with Gasteiger partial charge >= 0.3 is 0 Å². The summed E-state index contributed by atoms with van der Waals surface area (Å²) in [6, 6.07) is 7.31. The topological polar surface area (TPSA) is 17.1 Å². The van der Waals surface area contributed by atoms with Crippen LogP contribution in [0.5, 0.6) is 0 Å². The van der Waals surface area contributed by atoms with E-state index in [1.54, 1.807) is 12.1 Å². The molecule has 0 saturated carbocycles. The van der Waals surface area contributed by atoms with Gasteiger partial charge in [0.2, 0.25) is 6.29 Å². The van der Waals surface area contributed by atoms with E-state index in [0.717, 1.165) is 18.4 Å². The van der Waals surface area contributed by atoms with E-state index < -0.39 is 3.79 Å². The third-order valence-corrected chi connectivity index (χ3v) is 2.60. The lowest BCUT2D eigenvalue weighted by Crippen LogP contribution is -2.03. The fourth-order valence-electron chi connectivity index (χ4n) is 1.32. The van der Waals surface area contributed by atoms with Gasteiger partial charge in [-0.1, -0.05) is 59.1 Å². The van der Waals surface area contributed by atoms with Gasteiger partial charge in [0.25, 0.3) is 0 Å². The molecule has 0 heterocycles. The Morgan fingerprint density at radius 3 is 2.47 bits per heavy atom. The Morgan fingerprint density at radius 2 is 1.87 bits per heavy atom. The summed E-state index contributed by atoms with van der Waals surface area (Å²) in [5, 5.41) is 0. The van der Waals surface area contributed by atoms with Gasteiger partial charge in [0.15, 0.2) is 3.79 Å². The van der Waals surface area contributed by atoms with Crippen molar-refractivity contribution in [2.75, 3.05) is 0 Å². The second-order valence-corrected chi connectivity index (χ2v) is 5.74. The highest BCUT2D eigenvalue weighted by molar-refractivity contribution is 6.67. The van der Waals surface area contributed by atoms with E-state index in [1.807, 2.05) is 18.4 Å². The van der Waals surface area contributed by atoms with Crippen LogP contribution >= 0.6 is 34.8 Å². The molecule has 0 bridgehead atoms. The SMILES string of the molecule is O=[C]c1ccccc1CCCC(Cl)(Cl)Cl. The Labute approximate surface area is 104 Å². The maximum Gasteiger partial charge on any atom is 0.233 e. The Kier molecular flexibility index (Phi) is 4.91. The average Bonchev–Trinajstić information content (AvgIpc) is 2.16. The van der Waals surface area contributed by atoms with Gasteiger partial charge in [-0.2, -0.15) is 0 Å². The van der Waals surface area contributed by atoms with Crippen molar-refractivity contribution in [1.29, 1.82) is 0 Å². The van der Waals surface area contributed by atoms with Crippen molar-refractivity contribution in [3.8, 4) is 0 Å². The lowest BCUT2D eigenvalue weighted by Gasteiger charge is -2.10. The lowest BCUT2D eigenvalue weighted by molar-refractivity contribution is 0.562. The maximum absolute atomic E-state index is 10.6. The van der Waals surface area contributed by atoms with Crippen molar-refractivity contribution in [2.45, 2.75) is 23.1 Å². The van der Waals surface area contributed by atoms with Crippen LogP contribution in [0.4, 0.5) is 0 Å². The van der Waals surface area contributed by atoms with Crippen molar-refractivity contribution in [3.63, 3.8) is 0 Å². The van der Waals surface area contributed by atoms with Crippen molar-refractivity contribution in [3.05, 3.63) is 35.4 Å². The number of halogens is 3. The van der Waals surface area contributed by atoms with Crippen LogP contribution in [0, 0.1) is 0 Å². The van der Waals surface area contributed by atoms with Gasteiger partial charge in [-0.05, 0) is 24.8 Å². The van der Waals surface area contributed by atoms with Crippen LogP contribution in [0.3, 0.4) is 0 Å². The van der Waals surface area contributed by atoms with Crippen LogP contribution in [-0.4, -0.2) is 10.1 Å². The van der Waals surface area contributed by atoms with E-state index in [9.17, 15) is 4.79 Å². The van der Waals surface area contributed by atoms with Crippen molar-refractivity contribution >= 4 is 41.1 Å². The zero-order chi connectivity index (χ0) is 11.3. The first kappa shape index (κ1) is 12.8. The molecule has 0 aromatic heterocycles. The number of carbonyl (C=O) groups excluding carboxylic acids is 1. The monoisotopic (exact) mass is 263 g/mol. The molecule has 1 rings (SSSR count). The van der Waals surface area contributed by atoms with Crippen LogP contribution in [0.15, 0.2) is 24.3 Å². The van der Waals surface area contributed by atoms with E-state index in [-0.39, 0.29) is 0 Å². The number of benzene rings is 1. The Hall–Kier alpha value is -0.240. The van der Waals surface area contributed by atoms with E-state index in [4.69, 9.17) is 34.8 Å². The Morgan fingerprint density at radius 1 is 1.20 bits per heavy atom. The van der Waals surface area contributed by atoms with E-state index in [1.165, 1.54) is 0 Å². The molecule has 0 N–H and O–H groups in total. The minimum atomic E-state index is -1.21. The quantitative estimate of drug-likeness (QED) is 0.755. The Balaban J connectivity index is 2.54. The third-order valence-electron chi connectivity index (χ3n) is 2.03. The minimum Gasteiger partial charge on any atom is -0.285 e. The van der Waals surface area contributed by atoms with Crippen LogP contribution in [-0.2, 0) is 11.2 Å². The molecule has 15 heavy (non-hydrogen) atoms. The van der Waals surface area contributed by atoms with Gasteiger partial charge in [0, 0.05) is 5.56 Å². The summed E-state index contributed by atoms with van der Waals surface area (Å²) >= 11 is 16.9. The summed E-state index contributed by atoms with van der Waals surface area (Å²) in [7, 11) is 0. The molecule has 1 nitrogen and oxygen atoms in total. The van der Waals surface area contributed by atoms with Crippen molar-refractivity contribution in [1.82, 2.24) is 0 Å². The molecule has 0 saturated heterocycles. The molecule has 0 atom stereocenters. The number of aryl methyl sites for hydroxylation is 1. The standard InChI is InChI=1S/C11H10Cl3O/c12-11(13,14)7-3-6-9-4-1-2-5-10(9)8-15/h1-2,4-5H,3,6-7H2. The fraction of sp³-hybridized carbons (Fsp3) is 0.364. The fourth-order valence-corrected chi connectivity index (χ4v) is 1.72. The van der Waals surface area contributed by atoms with Gasteiger partial charge in [0.05, 0.1) is 0 Å². The molecular formula is C11H10Cl3O. The van der Waals surface area contributed by atoms with E-state index in [2.05, 4.69) is 0 Å². The molecule has 4 heteroatoms. The number of hydrogen-bond acceptors (Lipinski definition) is 1. The van der Waals surface area contributed by atoms with Gasteiger partial charge in [-0.15, -0.1) is 0 Å². The largest absolute Gasteiger partial charge is 0.285 e. The molecule has 0 aliphatic carbocycles. The normalized spacial score (nSPS) is 11.4. The summed E-state index contributed by atoms with van der Waals surface area (Å²) in [4.78, 5) is 10.6. The average molecular weight is 265 g/mol. The highest BCUT2D eigenvalue weighted by Crippen LogP contribution is 2.31. The highest BCUT2D eigenvalue weighted by atomic mass is 35.6. The van der Waals surface area contributed by atoms with Crippen LogP contribution < -0.4 is 0 Å². The molecule has 1 radical (unpaired) electrons. The first-order chi connectivity index (χ1) is 7.03. The maximum atomic E-state index is 10.6. The Bertz CT molecular complexity index is 331. The van der Waals surface area contributed by atoms with Gasteiger partial charge in [-0.3, -0.25) is 4.79 Å². The molecule has 0 aliphatic heterocycles. The molecule has 0 unspecified atom stereocenters. The molecule has 0 fully saturated rings. The van der Waals surface area contributed by atoms with Crippen molar-refractivity contribution in [2.24, 2.45) is 0 Å². The summed E-state index contributed by atoms with van der Waals surface area (Å²) in [6.07, 6.45) is 3.82. The number of alkyl halides is 3. The first-order valence-corrected chi connectivity index (χ1v) is 5.69. The molecule has 1 aromatic rings. The summed E-state index contributed by atoms with van der Waals surface area (Å²) in [6.45, 7) is 0. The zero-order valence-electron chi connectivity index (χ0n) is 7.97. The highest BCUT2D eigenvalue weighted by Gasteiger charge is 2.18. The third kappa shape index (κ3) is 4.87. The van der Waals surface area contributed by atoms with E-state index >= 15 is 0 Å². The van der Waals surface area contributed by atoms with Crippen LogP contribution in [0.2, 0.25) is 0 Å². The predicted molar refractivity (Wildman–Crippen MR) is 64.5 cm³/mol. The number of hydrogen-bond donors (Lipinski definition) is 0. The molecule has 81 valence electrons. The number of rotatable bonds is 4. The van der Waals surface area contributed by atoms with Crippen molar-refractivity contribution < 1.29 is 4.79 Å². The van der Waals surface area contributed by atoms with E-state index in [0.29, 0.717) is 12.0 Å². The summed E-state index contributed by atoms with van der Waals surface area (Å²) in [5.41, 5.74) is 1.53. The second-order valence-electron chi connectivity index (χ2n) is 3.23. The van der Waals surface area contributed by atoms with Crippen LogP contribution in [0.1, 0.15) is 24.0 Å².